The number of carbonyl (C=O) groups excluding carboxylic acids is 1. The van der Waals surface area contributed by atoms with Crippen molar-refractivity contribution in [3.63, 3.8) is 0 Å². The van der Waals surface area contributed by atoms with Gasteiger partial charge in [-0.15, -0.1) is 0 Å². The van der Waals surface area contributed by atoms with Crippen molar-refractivity contribution in [1.29, 1.82) is 0 Å². The zero-order valence-electron chi connectivity index (χ0n) is 18.7. The number of sulfone groups is 1. The molecule has 0 aromatic heterocycles. The molecule has 0 spiro atoms. The molecule has 3 rings (SSSR count). The first kappa shape index (κ1) is 23.5. The third-order valence-electron chi connectivity index (χ3n) is 5.13. The maximum absolute atomic E-state index is 13.6. The van der Waals surface area contributed by atoms with E-state index in [0.29, 0.717) is 22.6 Å². The summed E-state index contributed by atoms with van der Waals surface area (Å²) in [6.07, 6.45) is -0.169. The fourth-order valence-corrected chi connectivity index (χ4v) is 5.13. The number of benzene rings is 3. The zero-order valence-corrected chi connectivity index (χ0v) is 19.6. The van der Waals surface area contributed by atoms with E-state index in [2.05, 4.69) is 0 Å². The molecular weight excluding hydrogens is 424 g/mol. The first-order chi connectivity index (χ1) is 15.2. The lowest BCUT2D eigenvalue weighted by molar-refractivity contribution is 0.0980. The lowest BCUT2D eigenvalue weighted by atomic mass is 10.0. The number of hydrogen-bond donors (Lipinski definition) is 0. The Kier molecular flexibility index (Phi) is 7.36. The van der Waals surface area contributed by atoms with Crippen LogP contribution in [-0.2, 0) is 9.84 Å². The minimum atomic E-state index is -3.81. The lowest BCUT2D eigenvalue weighted by Crippen LogP contribution is -2.18. The average molecular weight is 453 g/mol. The van der Waals surface area contributed by atoms with Crippen molar-refractivity contribution in [2.45, 2.75) is 43.4 Å². The zero-order chi connectivity index (χ0) is 23.3. The molecule has 5 nitrogen and oxygen atoms in total. The molecule has 0 aliphatic rings. The summed E-state index contributed by atoms with van der Waals surface area (Å²) in [4.78, 5) is 13.2. The van der Waals surface area contributed by atoms with E-state index in [1.165, 1.54) is 0 Å². The van der Waals surface area contributed by atoms with Crippen molar-refractivity contribution in [3.05, 3.63) is 89.5 Å². The summed E-state index contributed by atoms with van der Waals surface area (Å²) in [7, 11) is -2.26. The maximum atomic E-state index is 13.6. The highest BCUT2D eigenvalue weighted by Crippen LogP contribution is 2.34. The van der Waals surface area contributed by atoms with Gasteiger partial charge in [-0.25, -0.2) is 8.42 Å². The van der Waals surface area contributed by atoms with E-state index in [0.717, 1.165) is 5.56 Å². The summed E-state index contributed by atoms with van der Waals surface area (Å²) in [6, 6.07) is 20.3. The predicted octanol–water partition coefficient (Wildman–Crippen LogP) is 5.58. The Morgan fingerprint density at radius 2 is 1.41 bits per heavy atom. The molecule has 0 radical (unpaired) electrons. The van der Waals surface area contributed by atoms with E-state index >= 15 is 0 Å². The van der Waals surface area contributed by atoms with Gasteiger partial charge in [0.1, 0.15) is 11.5 Å². The van der Waals surface area contributed by atoms with Crippen LogP contribution in [0.4, 0.5) is 0 Å². The number of rotatable bonds is 9. The molecule has 0 saturated carbocycles. The molecule has 0 aliphatic heterocycles. The monoisotopic (exact) mass is 452 g/mol. The van der Waals surface area contributed by atoms with E-state index in [1.807, 2.05) is 20.8 Å². The first-order valence-corrected chi connectivity index (χ1v) is 12.0. The van der Waals surface area contributed by atoms with Crippen molar-refractivity contribution in [3.8, 4) is 11.5 Å². The SMILES string of the molecule is COc1ccc(C(=O)CC(c2ccc(OC(C)C)cc2)S(=O)(=O)c2ccc(C)cc2)cc1. The Morgan fingerprint density at radius 3 is 1.94 bits per heavy atom. The lowest BCUT2D eigenvalue weighted by Gasteiger charge is -2.19. The van der Waals surface area contributed by atoms with Crippen LogP contribution >= 0.6 is 0 Å². The fourth-order valence-electron chi connectivity index (χ4n) is 3.40. The Balaban J connectivity index is 1.98. The van der Waals surface area contributed by atoms with Crippen molar-refractivity contribution in [2.75, 3.05) is 7.11 Å². The number of ether oxygens (including phenoxy) is 2. The van der Waals surface area contributed by atoms with Gasteiger partial charge in [0.05, 0.1) is 23.4 Å². The molecule has 3 aromatic rings. The van der Waals surface area contributed by atoms with Crippen LogP contribution in [0.15, 0.2) is 77.7 Å². The summed E-state index contributed by atoms with van der Waals surface area (Å²) >= 11 is 0. The molecule has 0 bridgehead atoms. The summed E-state index contributed by atoms with van der Waals surface area (Å²) in [6.45, 7) is 5.74. The number of hydrogen-bond acceptors (Lipinski definition) is 5. The van der Waals surface area contributed by atoms with E-state index < -0.39 is 15.1 Å². The second-order valence-corrected chi connectivity index (χ2v) is 10.1. The highest BCUT2D eigenvalue weighted by atomic mass is 32.2. The van der Waals surface area contributed by atoms with Gasteiger partial charge in [0.25, 0.3) is 0 Å². The smallest absolute Gasteiger partial charge is 0.185 e. The third-order valence-corrected chi connectivity index (χ3v) is 7.25. The quantitative estimate of drug-likeness (QED) is 0.397. The van der Waals surface area contributed by atoms with Gasteiger partial charge in [0.15, 0.2) is 15.6 Å². The summed E-state index contributed by atoms with van der Waals surface area (Å²) in [5.74, 6) is 1.03. The van der Waals surface area contributed by atoms with Gasteiger partial charge in [0.2, 0.25) is 0 Å². The van der Waals surface area contributed by atoms with Gasteiger partial charge >= 0.3 is 0 Å². The van der Waals surface area contributed by atoms with Crippen molar-refractivity contribution in [2.24, 2.45) is 0 Å². The van der Waals surface area contributed by atoms with E-state index in [4.69, 9.17) is 9.47 Å². The van der Waals surface area contributed by atoms with Gasteiger partial charge < -0.3 is 9.47 Å². The molecule has 1 atom stereocenters. The van der Waals surface area contributed by atoms with Crippen LogP contribution in [0.5, 0.6) is 11.5 Å². The van der Waals surface area contributed by atoms with Crippen molar-refractivity contribution >= 4 is 15.6 Å². The molecule has 0 heterocycles. The van der Waals surface area contributed by atoms with Crippen LogP contribution in [0.2, 0.25) is 0 Å². The van der Waals surface area contributed by atoms with Crippen molar-refractivity contribution < 1.29 is 22.7 Å². The molecular formula is C26H28O5S. The van der Waals surface area contributed by atoms with Crippen LogP contribution in [0.25, 0.3) is 0 Å². The molecule has 3 aromatic carbocycles. The van der Waals surface area contributed by atoms with Crippen LogP contribution < -0.4 is 9.47 Å². The van der Waals surface area contributed by atoms with Gasteiger partial charge in [-0.2, -0.15) is 0 Å². The van der Waals surface area contributed by atoms with Crippen molar-refractivity contribution in [1.82, 2.24) is 0 Å². The largest absolute Gasteiger partial charge is 0.497 e. The molecule has 0 saturated heterocycles. The van der Waals surface area contributed by atoms with Gasteiger partial charge in [-0.3, -0.25) is 4.79 Å². The minimum Gasteiger partial charge on any atom is -0.497 e. The topological polar surface area (TPSA) is 69.7 Å². The van der Waals surface area contributed by atoms with Gasteiger partial charge in [-0.05, 0) is 74.9 Å². The Bertz CT molecular complexity index is 1150. The minimum absolute atomic E-state index is 0.00425. The second-order valence-electron chi connectivity index (χ2n) is 7.94. The predicted molar refractivity (Wildman–Crippen MR) is 125 cm³/mol. The Hall–Kier alpha value is -3.12. The van der Waals surface area contributed by atoms with E-state index in [-0.39, 0.29) is 23.2 Å². The highest BCUT2D eigenvalue weighted by Gasteiger charge is 2.31. The molecule has 6 heteroatoms. The van der Waals surface area contributed by atoms with Crippen LogP contribution in [-0.4, -0.2) is 27.4 Å². The number of ketones is 1. The Morgan fingerprint density at radius 1 is 0.844 bits per heavy atom. The molecule has 0 amide bonds. The van der Waals surface area contributed by atoms with E-state index in [9.17, 15) is 13.2 Å². The molecule has 0 fully saturated rings. The maximum Gasteiger partial charge on any atom is 0.185 e. The molecule has 168 valence electrons. The number of carbonyl (C=O) groups is 1. The number of Topliss-reactive ketones (excluding diaryl/α,β-unsaturated/α-hetero) is 1. The second kappa shape index (κ2) is 10.0. The van der Waals surface area contributed by atoms with Gasteiger partial charge in [0, 0.05) is 12.0 Å². The standard InChI is InChI=1S/C26H28O5S/c1-18(2)31-23-13-9-21(10-14-23)26(32(28,29)24-15-5-19(3)6-16-24)17-25(27)20-7-11-22(30-4)12-8-20/h5-16,18,26H,17H2,1-4H3. The van der Waals surface area contributed by atoms with Crippen LogP contribution in [0.3, 0.4) is 0 Å². The van der Waals surface area contributed by atoms with Crippen LogP contribution in [0.1, 0.15) is 47.0 Å². The number of methoxy groups -OCH3 is 1. The fraction of sp³-hybridized carbons (Fsp3) is 0.269. The third kappa shape index (κ3) is 5.56. The molecule has 0 aliphatic carbocycles. The molecule has 1 unspecified atom stereocenters. The first-order valence-electron chi connectivity index (χ1n) is 10.4. The summed E-state index contributed by atoms with van der Waals surface area (Å²) in [5.41, 5.74) is 1.95. The average Bonchev–Trinajstić information content (AvgIpc) is 2.78. The van der Waals surface area contributed by atoms with Gasteiger partial charge in [-0.1, -0.05) is 29.8 Å². The molecule has 32 heavy (non-hydrogen) atoms. The molecule has 0 N–H and O–H groups in total. The number of aryl methyl sites for hydroxylation is 1. The highest BCUT2D eigenvalue weighted by molar-refractivity contribution is 7.91. The summed E-state index contributed by atoms with van der Waals surface area (Å²) < 4.78 is 38.0. The summed E-state index contributed by atoms with van der Waals surface area (Å²) in [5, 5.41) is -1.02. The van der Waals surface area contributed by atoms with E-state index in [1.54, 1.807) is 79.9 Å². The normalized spacial score (nSPS) is 12.4. The Labute approximate surface area is 189 Å². The van der Waals surface area contributed by atoms with Crippen LogP contribution in [0, 0.1) is 6.92 Å².